The van der Waals surface area contributed by atoms with Gasteiger partial charge in [-0.3, -0.25) is 9.59 Å². The van der Waals surface area contributed by atoms with Crippen molar-refractivity contribution in [3.05, 3.63) is 63.3 Å². The van der Waals surface area contributed by atoms with Crippen molar-refractivity contribution in [2.45, 2.75) is 26.3 Å². The van der Waals surface area contributed by atoms with Crippen molar-refractivity contribution in [2.75, 3.05) is 31.2 Å². The normalized spacial score (nSPS) is 14.3. The first-order chi connectivity index (χ1) is 16.0. The number of hydrogen-bond donors (Lipinski definition) is 0. The number of ether oxygens (including phenoxy) is 1. The van der Waals surface area contributed by atoms with E-state index in [1.54, 1.807) is 11.3 Å². The molecule has 3 aromatic heterocycles. The van der Waals surface area contributed by atoms with E-state index in [1.165, 1.54) is 21.6 Å². The van der Waals surface area contributed by atoms with Gasteiger partial charge in [0.2, 0.25) is 0 Å². The molecule has 0 N–H and O–H groups in total. The van der Waals surface area contributed by atoms with Gasteiger partial charge in [-0.05, 0) is 22.9 Å². The Morgan fingerprint density at radius 2 is 1.91 bits per heavy atom. The van der Waals surface area contributed by atoms with E-state index in [0.717, 1.165) is 27.8 Å². The number of anilines is 1. The Morgan fingerprint density at radius 3 is 2.58 bits per heavy atom. The molecule has 0 saturated carbocycles. The third-order valence-corrected chi connectivity index (χ3v) is 7.72. The monoisotopic (exact) mass is 480 g/mol. The van der Waals surface area contributed by atoms with Gasteiger partial charge in [-0.15, -0.1) is 11.3 Å². The number of fused-ring (bicyclic) bond motifs is 1. The number of hydrogen-bond acceptors (Lipinski definition) is 8. The molecule has 4 aromatic rings. The SMILES string of the molecule is CC(C)c1ccc(C(=O)Cn2nc(-c3cccs3)c3sc(N4CCOCC4)nc3c2=O)cc1. The summed E-state index contributed by atoms with van der Waals surface area (Å²) in [6.07, 6.45) is 0. The number of carbonyl (C=O) groups excluding carboxylic acids is 1. The van der Waals surface area contributed by atoms with E-state index in [1.807, 2.05) is 41.8 Å². The lowest BCUT2D eigenvalue weighted by molar-refractivity contribution is 0.0966. The van der Waals surface area contributed by atoms with Gasteiger partial charge in [-0.2, -0.15) is 5.10 Å². The zero-order valence-electron chi connectivity index (χ0n) is 18.5. The van der Waals surface area contributed by atoms with Crippen LogP contribution >= 0.6 is 22.7 Å². The molecule has 4 heterocycles. The molecule has 1 aliphatic rings. The fourth-order valence-corrected chi connectivity index (χ4v) is 5.69. The van der Waals surface area contributed by atoms with Crippen LogP contribution in [0.5, 0.6) is 0 Å². The highest BCUT2D eigenvalue weighted by Crippen LogP contribution is 2.35. The average molecular weight is 481 g/mol. The summed E-state index contributed by atoms with van der Waals surface area (Å²) < 4.78 is 7.47. The number of aromatic nitrogens is 3. The van der Waals surface area contributed by atoms with Crippen LogP contribution in [0.15, 0.2) is 46.6 Å². The molecule has 0 aliphatic carbocycles. The Morgan fingerprint density at radius 1 is 1.15 bits per heavy atom. The number of rotatable bonds is 6. The fourth-order valence-electron chi connectivity index (χ4n) is 3.80. The van der Waals surface area contributed by atoms with Crippen molar-refractivity contribution in [3.63, 3.8) is 0 Å². The highest BCUT2D eigenvalue weighted by atomic mass is 32.1. The maximum atomic E-state index is 13.3. The highest BCUT2D eigenvalue weighted by Gasteiger charge is 2.22. The number of nitrogens with zero attached hydrogens (tertiary/aromatic N) is 4. The molecule has 1 saturated heterocycles. The van der Waals surface area contributed by atoms with E-state index in [-0.39, 0.29) is 17.9 Å². The molecule has 0 atom stereocenters. The summed E-state index contributed by atoms with van der Waals surface area (Å²) in [7, 11) is 0. The van der Waals surface area contributed by atoms with Gasteiger partial charge in [0.05, 0.1) is 22.8 Å². The Hall–Kier alpha value is -2.88. The minimum absolute atomic E-state index is 0.126. The van der Waals surface area contributed by atoms with Gasteiger partial charge >= 0.3 is 0 Å². The largest absolute Gasteiger partial charge is 0.378 e. The molecule has 7 nitrogen and oxygen atoms in total. The van der Waals surface area contributed by atoms with Crippen LogP contribution in [-0.4, -0.2) is 46.9 Å². The lowest BCUT2D eigenvalue weighted by Crippen LogP contribution is -2.36. The van der Waals surface area contributed by atoms with Crippen LogP contribution in [-0.2, 0) is 11.3 Å². The summed E-state index contributed by atoms with van der Waals surface area (Å²) in [6.45, 7) is 6.85. The van der Waals surface area contributed by atoms with Crippen molar-refractivity contribution in [3.8, 4) is 10.6 Å². The van der Waals surface area contributed by atoms with E-state index in [9.17, 15) is 9.59 Å². The van der Waals surface area contributed by atoms with Gasteiger partial charge in [0.1, 0.15) is 12.2 Å². The van der Waals surface area contributed by atoms with Gasteiger partial charge < -0.3 is 9.64 Å². The number of benzene rings is 1. The lowest BCUT2D eigenvalue weighted by atomic mass is 10.0. The van der Waals surface area contributed by atoms with Crippen LogP contribution < -0.4 is 10.5 Å². The smallest absolute Gasteiger partial charge is 0.294 e. The number of thiazole rings is 1. The van der Waals surface area contributed by atoms with Gasteiger partial charge in [0.25, 0.3) is 5.56 Å². The topological polar surface area (TPSA) is 77.3 Å². The van der Waals surface area contributed by atoms with Gasteiger partial charge in [-0.1, -0.05) is 55.5 Å². The summed E-state index contributed by atoms with van der Waals surface area (Å²) in [6, 6.07) is 11.5. The Balaban J connectivity index is 1.55. The third kappa shape index (κ3) is 4.36. The summed E-state index contributed by atoms with van der Waals surface area (Å²) >= 11 is 3.03. The average Bonchev–Trinajstić information content (AvgIpc) is 3.52. The molecule has 1 fully saturated rings. The molecule has 0 spiro atoms. The Kier molecular flexibility index (Phi) is 6.09. The summed E-state index contributed by atoms with van der Waals surface area (Å²) in [5, 5.41) is 7.40. The third-order valence-electron chi connectivity index (χ3n) is 5.72. The highest BCUT2D eigenvalue weighted by molar-refractivity contribution is 7.23. The van der Waals surface area contributed by atoms with Crippen LogP contribution in [0.2, 0.25) is 0 Å². The molecular formula is C24H24N4O3S2. The molecule has 33 heavy (non-hydrogen) atoms. The Labute approximate surface area is 199 Å². The van der Waals surface area contributed by atoms with E-state index >= 15 is 0 Å². The predicted molar refractivity (Wildman–Crippen MR) is 133 cm³/mol. The Bertz CT molecular complexity index is 1330. The van der Waals surface area contributed by atoms with E-state index < -0.39 is 0 Å². The molecule has 0 unspecified atom stereocenters. The number of morpholine rings is 1. The van der Waals surface area contributed by atoms with Crippen molar-refractivity contribution >= 4 is 43.8 Å². The molecule has 1 aromatic carbocycles. The number of ketones is 1. The van der Waals surface area contributed by atoms with Crippen LogP contribution in [0, 0.1) is 0 Å². The maximum Gasteiger partial charge on any atom is 0.294 e. The second-order valence-electron chi connectivity index (χ2n) is 8.26. The molecule has 1 aliphatic heterocycles. The van der Waals surface area contributed by atoms with Gasteiger partial charge in [-0.25, -0.2) is 9.67 Å². The first kappa shape index (κ1) is 21.9. The molecule has 0 amide bonds. The zero-order valence-corrected chi connectivity index (χ0v) is 20.1. The molecular weight excluding hydrogens is 456 g/mol. The standard InChI is InChI=1S/C24H24N4O3S2/c1-15(2)16-5-7-17(8-6-16)18(29)14-28-23(30)21-22(20(26-28)19-4-3-13-32-19)33-24(25-21)27-9-11-31-12-10-27/h3-8,13,15H,9-12,14H2,1-2H3. The fraction of sp³-hybridized carbons (Fsp3) is 0.333. The van der Waals surface area contributed by atoms with Crippen LogP contribution in [0.3, 0.4) is 0 Å². The van der Waals surface area contributed by atoms with Crippen molar-refractivity contribution in [1.29, 1.82) is 0 Å². The van der Waals surface area contributed by atoms with Crippen LogP contribution in [0.25, 0.3) is 20.8 Å². The number of carbonyl (C=O) groups is 1. The van der Waals surface area contributed by atoms with Crippen molar-refractivity contribution in [1.82, 2.24) is 14.8 Å². The summed E-state index contributed by atoms with van der Waals surface area (Å²) in [5.74, 6) is 0.236. The second kappa shape index (κ2) is 9.17. The van der Waals surface area contributed by atoms with Crippen molar-refractivity contribution < 1.29 is 9.53 Å². The molecule has 170 valence electrons. The van der Waals surface area contributed by atoms with Crippen molar-refractivity contribution in [2.24, 2.45) is 0 Å². The van der Waals surface area contributed by atoms with Gasteiger partial charge in [0.15, 0.2) is 16.4 Å². The molecule has 0 bridgehead atoms. The minimum Gasteiger partial charge on any atom is -0.378 e. The maximum absolute atomic E-state index is 13.3. The lowest BCUT2D eigenvalue weighted by Gasteiger charge is -2.25. The molecule has 9 heteroatoms. The quantitative estimate of drug-likeness (QED) is 0.380. The first-order valence-electron chi connectivity index (χ1n) is 10.9. The number of thiophene rings is 1. The minimum atomic E-state index is -0.340. The summed E-state index contributed by atoms with van der Waals surface area (Å²) in [4.78, 5) is 34.1. The predicted octanol–water partition coefficient (Wildman–Crippen LogP) is 4.42. The second-order valence-corrected chi connectivity index (χ2v) is 10.2. The van der Waals surface area contributed by atoms with E-state index in [0.29, 0.717) is 35.9 Å². The van der Waals surface area contributed by atoms with Crippen LogP contribution in [0.1, 0.15) is 35.7 Å². The first-order valence-corrected chi connectivity index (χ1v) is 12.6. The molecule has 5 rings (SSSR count). The van der Waals surface area contributed by atoms with E-state index in [4.69, 9.17) is 4.74 Å². The van der Waals surface area contributed by atoms with E-state index in [2.05, 4.69) is 28.8 Å². The molecule has 0 radical (unpaired) electrons. The summed E-state index contributed by atoms with van der Waals surface area (Å²) in [5.41, 5.74) is 2.45. The van der Waals surface area contributed by atoms with Gasteiger partial charge in [0, 0.05) is 18.7 Å². The number of Topliss-reactive ketones (excluding diaryl/α,β-unsaturated/α-hetero) is 1. The van der Waals surface area contributed by atoms with Crippen LogP contribution in [0.4, 0.5) is 5.13 Å². The zero-order chi connectivity index (χ0) is 22.9.